The molecule has 0 atom stereocenters. The lowest BCUT2D eigenvalue weighted by molar-refractivity contribution is -0.133. The standard InChI is InChI=1S/C16H15FN2O2/c1-10-5-3-8-14(11(10)2)19-16(21)15(20)18-13-7-4-6-12(17)9-13/h3-9H,1-2H3,(H,18,20)(H,19,21). The molecule has 0 saturated heterocycles. The van der Waals surface area contributed by atoms with E-state index in [2.05, 4.69) is 10.6 Å². The zero-order chi connectivity index (χ0) is 15.4. The Hall–Kier alpha value is -2.69. The SMILES string of the molecule is Cc1cccc(NC(=O)C(=O)Nc2cccc(F)c2)c1C. The van der Waals surface area contributed by atoms with Crippen molar-refractivity contribution in [2.24, 2.45) is 0 Å². The number of rotatable bonds is 2. The predicted molar refractivity (Wildman–Crippen MR) is 79.6 cm³/mol. The quantitative estimate of drug-likeness (QED) is 0.834. The van der Waals surface area contributed by atoms with E-state index in [0.717, 1.165) is 17.2 Å². The van der Waals surface area contributed by atoms with Gasteiger partial charge in [-0.05, 0) is 49.2 Å². The number of amides is 2. The minimum Gasteiger partial charge on any atom is -0.318 e. The first-order valence-corrected chi connectivity index (χ1v) is 6.41. The van der Waals surface area contributed by atoms with Crippen molar-refractivity contribution in [3.05, 3.63) is 59.4 Å². The van der Waals surface area contributed by atoms with Crippen molar-refractivity contribution in [2.75, 3.05) is 10.6 Å². The van der Waals surface area contributed by atoms with Gasteiger partial charge in [0.15, 0.2) is 0 Å². The summed E-state index contributed by atoms with van der Waals surface area (Å²) in [6, 6.07) is 10.8. The number of hydrogen-bond acceptors (Lipinski definition) is 2. The highest BCUT2D eigenvalue weighted by atomic mass is 19.1. The van der Waals surface area contributed by atoms with Gasteiger partial charge in [-0.2, -0.15) is 0 Å². The summed E-state index contributed by atoms with van der Waals surface area (Å²) in [4.78, 5) is 23.6. The molecule has 4 nitrogen and oxygen atoms in total. The first-order valence-electron chi connectivity index (χ1n) is 6.41. The zero-order valence-electron chi connectivity index (χ0n) is 11.7. The van der Waals surface area contributed by atoms with Crippen LogP contribution in [0, 0.1) is 19.7 Å². The van der Waals surface area contributed by atoms with Crippen molar-refractivity contribution in [1.82, 2.24) is 0 Å². The van der Waals surface area contributed by atoms with Crippen molar-refractivity contribution in [3.8, 4) is 0 Å². The molecule has 2 rings (SSSR count). The van der Waals surface area contributed by atoms with Gasteiger partial charge in [0.1, 0.15) is 5.82 Å². The molecule has 2 amide bonds. The number of halogens is 1. The molecule has 0 aromatic heterocycles. The fraction of sp³-hybridized carbons (Fsp3) is 0.125. The minimum absolute atomic E-state index is 0.233. The fourth-order valence-electron chi connectivity index (χ4n) is 1.82. The second-order valence-electron chi connectivity index (χ2n) is 4.67. The van der Waals surface area contributed by atoms with Crippen molar-refractivity contribution in [1.29, 1.82) is 0 Å². The summed E-state index contributed by atoms with van der Waals surface area (Å²) in [6.45, 7) is 3.77. The molecule has 0 fully saturated rings. The lowest BCUT2D eigenvalue weighted by atomic mass is 10.1. The van der Waals surface area contributed by atoms with Crippen LogP contribution in [-0.4, -0.2) is 11.8 Å². The largest absolute Gasteiger partial charge is 0.318 e. The van der Waals surface area contributed by atoms with Crippen molar-refractivity contribution in [3.63, 3.8) is 0 Å². The maximum Gasteiger partial charge on any atom is 0.314 e. The Morgan fingerprint density at radius 2 is 1.62 bits per heavy atom. The van der Waals surface area contributed by atoms with Gasteiger partial charge in [0.05, 0.1) is 0 Å². The Morgan fingerprint density at radius 1 is 0.952 bits per heavy atom. The van der Waals surface area contributed by atoms with Crippen molar-refractivity contribution < 1.29 is 14.0 Å². The van der Waals surface area contributed by atoms with Crippen LogP contribution < -0.4 is 10.6 Å². The van der Waals surface area contributed by atoms with Crippen molar-refractivity contribution >= 4 is 23.2 Å². The second kappa shape index (κ2) is 6.17. The third kappa shape index (κ3) is 3.66. The maximum absolute atomic E-state index is 13.0. The van der Waals surface area contributed by atoms with E-state index in [1.165, 1.54) is 18.2 Å². The van der Waals surface area contributed by atoms with Crippen LogP contribution in [0.15, 0.2) is 42.5 Å². The molecule has 0 radical (unpaired) electrons. The smallest absolute Gasteiger partial charge is 0.314 e. The molecule has 5 heteroatoms. The number of carbonyl (C=O) groups is 2. The molecule has 0 unspecified atom stereocenters. The first-order chi connectivity index (χ1) is 9.97. The van der Waals surface area contributed by atoms with Gasteiger partial charge in [0, 0.05) is 11.4 Å². The lowest BCUT2D eigenvalue weighted by Gasteiger charge is -2.10. The van der Waals surface area contributed by atoms with E-state index in [1.54, 1.807) is 12.1 Å². The average molecular weight is 286 g/mol. The summed E-state index contributed by atoms with van der Waals surface area (Å²) in [5, 5.41) is 4.89. The Morgan fingerprint density at radius 3 is 2.33 bits per heavy atom. The highest BCUT2D eigenvalue weighted by Gasteiger charge is 2.15. The number of hydrogen-bond donors (Lipinski definition) is 2. The summed E-state index contributed by atoms with van der Waals surface area (Å²) in [5.41, 5.74) is 2.72. The fourth-order valence-corrected chi connectivity index (χ4v) is 1.82. The van der Waals surface area contributed by atoms with Crippen LogP contribution in [0.1, 0.15) is 11.1 Å². The molecule has 2 aromatic rings. The Balaban J connectivity index is 2.06. The maximum atomic E-state index is 13.0. The van der Waals surface area contributed by atoms with E-state index < -0.39 is 17.6 Å². The third-order valence-corrected chi connectivity index (χ3v) is 3.14. The normalized spacial score (nSPS) is 10.0. The zero-order valence-corrected chi connectivity index (χ0v) is 11.7. The van der Waals surface area contributed by atoms with Crippen LogP contribution in [0.5, 0.6) is 0 Å². The molecule has 21 heavy (non-hydrogen) atoms. The molecular weight excluding hydrogens is 271 g/mol. The predicted octanol–water partition coefficient (Wildman–Crippen LogP) is 3.02. The van der Waals surface area contributed by atoms with Crippen LogP contribution in [0.2, 0.25) is 0 Å². The van der Waals surface area contributed by atoms with Gasteiger partial charge in [-0.3, -0.25) is 9.59 Å². The van der Waals surface area contributed by atoms with E-state index >= 15 is 0 Å². The van der Waals surface area contributed by atoms with Crippen LogP contribution >= 0.6 is 0 Å². The Kier molecular flexibility index (Phi) is 4.33. The molecule has 0 bridgehead atoms. The molecule has 0 spiro atoms. The van der Waals surface area contributed by atoms with Gasteiger partial charge in [0.2, 0.25) is 0 Å². The van der Waals surface area contributed by atoms with Gasteiger partial charge >= 0.3 is 11.8 Å². The molecule has 0 aliphatic rings. The average Bonchev–Trinajstić information content (AvgIpc) is 2.44. The molecule has 0 saturated carbocycles. The van der Waals surface area contributed by atoms with E-state index in [1.807, 2.05) is 19.9 Å². The summed E-state index contributed by atoms with van der Waals surface area (Å²) in [5.74, 6) is -2.13. The molecule has 108 valence electrons. The van der Waals surface area contributed by atoms with Crippen molar-refractivity contribution in [2.45, 2.75) is 13.8 Å². The molecule has 2 aromatic carbocycles. The lowest BCUT2D eigenvalue weighted by Crippen LogP contribution is -2.29. The minimum atomic E-state index is -0.846. The van der Waals surface area contributed by atoms with Gasteiger partial charge in [-0.25, -0.2) is 4.39 Å². The first kappa shape index (κ1) is 14.7. The van der Waals surface area contributed by atoms with E-state index in [4.69, 9.17) is 0 Å². The Labute approximate surface area is 122 Å². The molecular formula is C16H15FN2O2. The van der Waals surface area contributed by atoms with E-state index in [-0.39, 0.29) is 5.69 Å². The number of nitrogens with one attached hydrogen (secondary N) is 2. The van der Waals surface area contributed by atoms with E-state index in [9.17, 15) is 14.0 Å². The molecule has 2 N–H and O–H groups in total. The number of anilines is 2. The highest BCUT2D eigenvalue weighted by molar-refractivity contribution is 6.43. The second-order valence-corrected chi connectivity index (χ2v) is 4.67. The van der Waals surface area contributed by atoms with Crippen LogP contribution in [0.3, 0.4) is 0 Å². The van der Waals surface area contributed by atoms with Crippen LogP contribution in [-0.2, 0) is 9.59 Å². The van der Waals surface area contributed by atoms with Crippen LogP contribution in [0.25, 0.3) is 0 Å². The van der Waals surface area contributed by atoms with Gasteiger partial charge in [0.25, 0.3) is 0 Å². The summed E-state index contributed by atoms with van der Waals surface area (Å²) < 4.78 is 13.0. The summed E-state index contributed by atoms with van der Waals surface area (Å²) in [6.07, 6.45) is 0. The molecule has 0 aliphatic carbocycles. The Bertz CT molecular complexity index is 698. The van der Waals surface area contributed by atoms with Gasteiger partial charge < -0.3 is 10.6 Å². The van der Waals surface area contributed by atoms with E-state index in [0.29, 0.717) is 5.69 Å². The van der Waals surface area contributed by atoms with Gasteiger partial charge in [-0.15, -0.1) is 0 Å². The summed E-state index contributed by atoms with van der Waals surface area (Å²) >= 11 is 0. The number of aryl methyl sites for hydroxylation is 1. The number of carbonyl (C=O) groups excluding carboxylic acids is 2. The number of benzene rings is 2. The monoisotopic (exact) mass is 286 g/mol. The molecule has 0 heterocycles. The summed E-state index contributed by atoms with van der Waals surface area (Å²) in [7, 11) is 0. The van der Waals surface area contributed by atoms with Crippen LogP contribution in [0.4, 0.5) is 15.8 Å². The molecule has 0 aliphatic heterocycles. The van der Waals surface area contributed by atoms with Gasteiger partial charge in [-0.1, -0.05) is 18.2 Å². The highest BCUT2D eigenvalue weighted by Crippen LogP contribution is 2.18. The topological polar surface area (TPSA) is 58.2 Å². The third-order valence-electron chi connectivity index (χ3n) is 3.14.